The lowest BCUT2D eigenvalue weighted by Gasteiger charge is -2.29. The number of nitrogens with one attached hydrogen (secondary N) is 1. The molecular weight excluding hydrogens is 338 g/mol. The minimum absolute atomic E-state index is 0.0354. The minimum Gasteiger partial charge on any atom is -0.378 e. The molecular formula is C17H21N5O4. The summed E-state index contributed by atoms with van der Waals surface area (Å²) in [6.07, 6.45) is 0.0354. The number of ether oxygens (including phenoxy) is 1. The second kappa shape index (κ2) is 8.05. The van der Waals surface area contributed by atoms with Gasteiger partial charge >= 0.3 is 0 Å². The highest BCUT2D eigenvalue weighted by Gasteiger charge is 2.23. The molecule has 1 aromatic heterocycles. The number of fused-ring (bicyclic) bond motifs is 1. The van der Waals surface area contributed by atoms with Gasteiger partial charge in [0.1, 0.15) is 11.6 Å². The van der Waals surface area contributed by atoms with E-state index >= 15 is 0 Å². The second-order valence-corrected chi connectivity index (χ2v) is 6.11. The molecule has 1 aromatic carbocycles. The Kier molecular flexibility index (Phi) is 5.57. The Morgan fingerprint density at radius 1 is 1.27 bits per heavy atom. The van der Waals surface area contributed by atoms with Gasteiger partial charge in [0, 0.05) is 19.5 Å². The molecule has 0 spiro atoms. The number of rotatable bonds is 5. The summed E-state index contributed by atoms with van der Waals surface area (Å²) in [6.45, 7) is 3.83. The van der Waals surface area contributed by atoms with Crippen LogP contribution in [0.25, 0.3) is 10.9 Å². The van der Waals surface area contributed by atoms with E-state index in [1.54, 1.807) is 36.1 Å². The molecule has 2 amide bonds. The van der Waals surface area contributed by atoms with Crippen molar-refractivity contribution < 1.29 is 14.3 Å². The fourth-order valence-corrected chi connectivity index (χ4v) is 2.81. The number of hydrogen-bond acceptors (Lipinski definition) is 6. The number of nitrogens with zero attached hydrogens (tertiary/aromatic N) is 4. The van der Waals surface area contributed by atoms with Crippen LogP contribution in [0.15, 0.2) is 29.1 Å². The monoisotopic (exact) mass is 359 g/mol. The van der Waals surface area contributed by atoms with Crippen molar-refractivity contribution >= 4 is 22.7 Å². The smallest absolute Gasteiger partial charge is 0.277 e. The number of benzene rings is 1. The van der Waals surface area contributed by atoms with Crippen LogP contribution in [0.1, 0.15) is 13.3 Å². The lowest BCUT2D eigenvalue weighted by molar-refractivity contribution is -0.139. The lowest BCUT2D eigenvalue weighted by atomic mass is 10.2. The van der Waals surface area contributed by atoms with Crippen LogP contribution in [0.2, 0.25) is 0 Å². The molecule has 9 nitrogen and oxygen atoms in total. The van der Waals surface area contributed by atoms with Crippen LogP contribution in [-0.2, 0) is 20.9 Å². The molecule has 26 heavy (non-hydrogen) atoms. The fourth-order valence-electron chi connectivity index (χ4n) is 2.81. The van der Waals surface area contributed by atoms with Gasteiger partial charge in [-0.1, -0.05) is 17.3 Å². The van der Waals surface area contributed by atoms with Crippen LogP contribution < -0.4 is 10.9 Å². The molecule has 9 heteroatoms. The van der Waals surface area contributed by atoms with Crippen molar-refractivity contribution in [2.75, 3.05) is 26.3 Å². The topological polar surface area (TPSA) is 106 Å². The molecule has 1 aliphatic heterocycles. The Balaban J connectivity index is 1.56. The van der Waals surface area contributed by atoms with Crippen LogP contribution in [0.3, 0.4) is 0 Å². The van der Waals surface area contributed by atoms with Crippen LogP contribution in [-0.4, -0.2) is 64.1 Å². The zero-order valence-electron chi connectivity index (χ0n) is 14.6. The summed E-state index contributed by atoms with van der Waals surface area (Å²) >= 11 is 0. The predicted molar refractivity (Wildman–Crippen MR) is 93.4 cm³/mol. The van der Waals surface area contributed by atoms with Gasteiger partial charge < -0.3 is 15.0 Å². The number of carbonyl (C=O) groups is 2. The zero-order chi connectivity index (χ0) is 18.5. The molecule has 1 saturated heterocycles. The molecule has 0 aliphatic carbocycles. The number of aryl methyl sites for hydroxylation is 1. The van der Waals surface area contributed by atoms with Gasteiger partial charge in [-0.15, -0.1) is 5.10 Å². The highest BCUT2D eigenvalue weighted by atomic mass is 16.5. The summed E-state index contributed by atoms with van der Waals surface area (Å²) in [6, 6.07) is 6.29. The van der Waals surface area contributed by atoms with Gasteiger partial charge in [-0.3, -0.25) is 14.4 Å². The first-order valence-electron chi connectivity index (χ1n) is 8.54. The van der Waals surface area contributed by atoms with Crippen LogP contribution in [0, 0.1) is 0 Å². The third kappa shape index (κ3) is 4.05. The highest BCUT2D eigenvalue weighted by Crippen LogP contribution is 2.04. The number of aromatic nitrogens is 3. The van der Waals surface area contributed by atoms with Gasteiger partial charge in [0.05, 0.1) is 25.1 Å². The van der Waals surface area contributed by atoms with Gasteiger partial charge in [-0.2, -0.15) is 0 Å². The maximum atomic E-state index is 12.3. The highest BCUT2D eigenvalue weighted by molar-refractivity contribution is 5.87. The first-order valence-corrected chi connectivity index (χ1v) is 8.54. The summed E-state index contributed by atoms with van der Waals surface area (Å²) in [4.78, 5) is 38.4. The van der Waals surface area contributed by atoms with E-state index in [0.717, 1.165) is 4.68 Å². The number of hydrogen-bond donors (Lipinski definition) is 1. The molecule has 2 aromatic rings. The summed E-state index contributed by atoms with van der Waals surface area (Å²) in [5.41, 5.74) is 0.226. The summed E-state index contributed by atoms with van der Waals surface area (Å²) < 4.78 is 6.38. The number of morpholine rings is 1. The van der Waals surface area contributed by atoms with Crippen LogP contribution in [0.4, 0.5) is 0 Å². The Hall–Kier alpha value is -2.81. The molecule has 1 atom stereocenters. The third-order valence-electron chi connectivity index (χ3n) is 4.25. The molecule has 138 valence electrons. The van der Waals surface area contributed by atoms with E-state index in [9.17, 15) is 14.4 Å². The Bertz CT molecular complexity index is 860. The minimum atomic E-state index is -0.625. The molecule has 1 unspecified atom stereocenters. The standard InChI is InChI=1S/C17H21N5O4/c1-12(16(24)21-8-10-26-11-9-21)18-15(23)6-7-22-17(25)13-4-2-3-5-14(13)19-20-22/h2-5,12H,6-11H2,1H3,(H,18,23). The van der Waals surface area contributed by atoms with Crippen LogP contribution >= 0.6 is 0 Å². The molecule has 0 bridgehead atoms. The average molecular weight is 359 g/mol. The normalized spacial score (nSPS) is 15.7. The van der Waals surface area contributed by atoms with Gasteiger partial charge in [-0.05, 0) is 19.1 Å². The fraction of sp³-hybridized carbons (Fsp3) is 0.471. The van der Waals surface area contributed by atoms with E-state index in [1.807, 2.05) is 0 Å². The van der Waals surface area contributed by atoms with Crippen molar-refractivity contribution in [2.24, 2.45) is 0 Å². The maximum Gasteiger partial charge on any atom is 0.277 e. The molecule has 0 radical (unpaired) electrons. The van der Waals surface area contributed by atoms with E-state index in [0.29, 0.717) is 37.2 Å². The number of amides is 2. The maximum absolute atomic E-state index is 12.3. The molecule has 1 aliphatic rings. The Morgan fingerprint density at radius 3 is 2.77 bits per heavy atom. The molecule has 1 fully saturated rings. The van der Waals surface area contributed by atoms with Gasteiger partial charge in [-0.25, -0.2) is 4.68 Å². The van der Waals surface area contributed by atoms with Crippen molar-refractivity contribution in [1.82, 2.24) is 25.2 Å². The van der Waals surface area contributed by atoms with Gasteiger partial charge in [0.2, 0.25) is 11.8 Å². The van der Waals surface area contributed by atoms with Crippen molar-refractivity contribution in [3.8, 4) is 0 Å². The molecule has 2 heterocycles. The van der Waals surface area contributed by atoms with E-state index in [4.69, 9.17) is 4.74 Å². The third-order valence-corrected chi connectivity index (χ3v) is 4.25. The van der Waals surface area contributed by atoms with E-state index < -0.39 is 6.04 Å². The van der Waals surface area contributed by atoms with Crippen molar-refractivity contribution in [2.45, 2.75) is 25.9 Å². The van der Waals surface area contributed by atoms with Crippen molar-refractivity contribution in [3.05, 3.63) is 34.6 Å². The quantitative estimate of drug-likeness (QED) is 0.775. The van der Waals surface area contributed by atoms with Crippen LogP contribution in [0.5, 0.6) is 0 Å². The summed E-state index contributed by atoms with van der Waals surface area (Å²) in [5, 5.41) is 11.0. The lowest BCUT2D eigenvalue weighted by Crippen LogP contribution is -2.50. The first-order chi connectivity index (χ1) is 12.6. The SMILES string of the molecule is CC(NC(=O)CCn1nnc2ccccc2c1=O)C(=O)N1CCOCC1. The summed E-state index contributed by atoms with van der Waals surface area (Å²) in [7, 11) is 0. The Labute approximate surface area is 149 Å². The van der Waals surface area contributed by atoms with Crippen molar-refractivity contribution in [1.29, 1.82) is 0 Å². The van der Waals surface area contributed by atoms with E-state index in [1.165, 1.54) is 0 Å². The van der Waals surface area contributed by atoms with Gasteiger partial charge in [0.15, 0.2) is 0 Å². The van der Waals surface area contributed by atoms with E-state index in [2.05, 4.69) is 15.6 Å². The molecule has 3 rings (SSSR count). The van der Waals surface area contributed by atoms with Gasteiger partial charge in [0.25, 0.3) is 5.56 Å². The molecule has 1 N–H and O–H groups in total. The molecule has 0 saturated carbocycles. The predicted octanol–water partition coefficient (Wildman–Crippen LogP) is -0.455. The summed E-state index contributed by atoms with van der Waals surface area (Å²) in [5.74, 6) is -0.453. The largest absolute Gasteiger partial charge is 0.378 e. The van der Waals surface area contributed by atoms with E-state index in [-0.39, 0.29) is 30.3 Å². The first kappa shape index (κ1) is 18.0. The average Bonchev–Trinajstić information content (AvgIpc) is 2.67. The zero-order valence-corrected chi connectivity index (χ0v) is 14.6. The van der Waals surface area contributed by atoms with Crippen molar-refractivity contribution in [3.63, 3.8) is 0 Å². The Morgan fingerprint density at radius 2 is 2.00 bits per heavy atom. The second-order valence-electron chi connectivity index (χ2n) is 6.11. The number of carbonyl (C=O) groups excluding carboxylic acids is 2.